The second-order valence-corrected chi connectivity index (χ2v) is 5.86. The van der Waals surface area contributed by atoms with Crippen LogP contribution in [0.1, 0.15) is 17.5 Å². The van der Waals surface area contributed by atoms with Crippen LogP contribution in [0.5, 0.6) is 11.5 Å². The number of carbonyl (C=O) groups is 2. The summed E-state index contributed by atoms with van der Waals surface area (Å²) in [5.74, 6) is -0.971. The smallest absolute Gasteiger partial charge is 0.341 e. The predicted molar refractivity (Wildman–Crippen MR) is 97.6 cm³/mol. The molecule has 0 aliphatic heterocycles. The lowest BCUT2D eigenvalue weighted by Gasteiger charge is -2.08. The lowest BCUT2D eigenvalue weighted by atomic mass is 10.1. The third kappa shape index (κ3) is 6.62. The van der Waals surface area contributed by atoms with Crippen LogP contribution in [0.4, 0.5) is 4.39 Å². The number of rotatable bonds is 10. The number of carboxylic acids is 1. The van der Waals surface area contributed by atoms with Crippen LogP contribution in [0.3, 0.4) is 0 Å². The highest BCUT2D eigenvalue weighted by Crippen LogP contribution is 2.20. The first-order chi connectivity index (χ1) is 13.0. The maximum absolute atomic E-state index is 14.0. The number of aliphatic carboxylic acids is 1. The molecule has 0 aliphatic carbocycles. The van der Waals surface area contributed by atoms with Crippen LogP contribution < -0.4 is 14.8 Å². The van der Waals surface area contributed by atoms with E-state index in [4.69, 9.17) is 14.6 Å². The average Bonchev–Trinajstić information content (AvgIpc) is 2.66. The molecular weight excluding hydrogens is 353 g/mol. The molecule has 0 atom stereocenters. The number of hydrogen-bond donors (Lipinski definition) is 2. The standard InChI is InChI=1S/C20H22FNO5/c1-26-17-4-2-3-15(20(17)21)7-10-18(23)22-12-11-14-5-8-16(9-6-14)27-13-19(24)25/h2-6,8-9H,7,10-13H2,1H3,(H,22,23)(H,24,25). The monoisotopic (exact) mass is 375 g/mol. The summed E-state index contributed by atoms with van der Waals surface area (Å²) in [6.07, 6.45) is 1.11. The molecule has 6 nitrogen and oxygen atoms in total. The molecule has 144 valence electrons. The summed E-state index contributed by atoms with van der Waals surface area (Å²) in [6.45, 7) is 0.0675. The van der Waals surface area contributed by atoms with Crippen molar-refractivity contribution < 1.29 is 28.6 Å². The van der Waals surface area contributed by atoms with E-state index in [0.717, 1.165) is 5.56 Å². The van der Waals surface area contributed by atoms with Gasteiger partial charge in [0.2, 0.25) is 5.91 Å². The molecule has 2 rings (SSSR count). The van der Waals surface area contributed by atoms with Crippen LogP contribution in [0.25, 0.3) is 0 Å². The largest absolute Gasteiger partial charge is 0.494 e. The van der Waals surface area contributed by atoms with E-state index in [2.05, 4.69) is 5.32 Å². The minimum Gasteiger partial charge on any atom is -0.494 e. The highest BCUT2D eigenvalue weighted by atomic mass is 19.1. The Labute approximate surface area is 156 Å². The fourth-order valence-electron chi connectivity index (χ4n) is 2.49. The van der Waals surface area contributed by atoms with Gasteiger partial charge in [0.15, 0.2) is 18.2 Å². The Kier molecular flexibility index (Phi) is 7.61. The lowest BCUT2D eigenvalue weighted by molar-refractivity contribution is -0.139. The highest BCUT2D eigenvalue weighted by molar-refractivity contribution is 5.76. The van der Waals surface area contributed by atoms with Crippen LogP contribution >= 0.6 is 0 Å². The second-order valence-electron chi connectivity index (χ2n) is 5.86. The number of ether oxygens (including phenoxy) is 2. The summed E-state index contributed by atoms with van der Waals surface area (Å²) in [5, 5.41) is 11.4. The van der Waals surface area contributed by atoms with Crippen molar-refractivity contribution in [2.45, 2.75) is 19.3 Å². The van der Waals surface area contributed by atoms with E-state index in [1.165, 1.54) is 13.2 Å². The van der Waals surface area contributed by atoms with E-state index in [1.807, 2.05) is 12.1 Å². The molecule has 0 heterocycles. The number of amides is 1. The third-order valence-corrected chi connectivity index (χ3v) is 3.91. The van der Waals surface area contributed by atoms with Gasteiger partial charge in [0, 0.05) is 13.0 Å². The summed E-state index contributed by atoms with van der Waals surface area (Å²) in [6, 6.07) is 11.9. The van der Waals surface area contributed by atoms with Gasteiger partial charge in [0.05, 0.1) is 7.11 Å². The highest BCUT2D eigenvalue weighted by Gasteiger charge is 2.10. The Morgan fingerprint density at radius 3 is 2.52 bits per heavy atom. The molecule has 2 aromatic carbocycles. The predicted octanol–water partition coefficient (Wildman–Crippen LogP) is 2.59. The molecule has 0 unspecified atom stereocenters. The van der Waals surface area contributed by atoms with Gasteiger partial charge in [-0.3, -0.25) is 4.79 Å². The van der Waals surface area contributed by atoms with Crippen LogP contribution in [-0.4, -0.2) is 37.2 Å². The number of carbonyl (C=O) groups excluding carboxylic acids is 1. The van der Waals surface area contributed by atoms with Gasteiger partial charge in [-0.1, -0.05) is 24.3 Å². The Balaban J connectivity index is 1.72. The van der Waals surface area contributed by atoms with Crippen molar-refractivity contribution >= 4 is 11.9 Å². The fourth-order valence-corrected chi connectivity index (χ4v) is 2.49. The van der Waals surface area contributed by atoms with E-state index in [0.29, 0.717) is 30.7 Å². The van der Waals surface area contributed by atoms with Gasteiger partial charge in [0.25, 0.3) is 0 Å². The van der Waals surface area contributed by atoms with Gasteiger partial charge in [-0.25, -0.2) is 9.18 Å². The molecule has 1 amide bonds. The van der Waals surface area contributed by atoms with E-state index < -0.39 is 11.8 Å². The molecule has 27 heavy (non-hydrogen) atoms. The minimum absolute atomic E-state index is 0.154. The zero-order chi connectivity index (χ0) is 19.6. The van der Waals surface area contributed by atoms with Crippen molar-refractivity contribution in [2.24, 2.45) is 0 Å². The molecule has 0 saturated heterocycles. The first kappa shape index (κ1) is 20.2. The SMILES string of the molecule is COc1cccc(CCC(=O)NCCc2ccc(OCC(=O)O)cc2)c1F. The number of methoxy groups -OCH3 is 1. The van der Waals surface area contributed by atoms with Crippen molar-refractivity contribution in [3.05, 3.63) is 59.4 Å². The lowest BCUT2D eigenvalue weighted by Crippen LogP contribution is -2.26. The van der Waals surface area contributed by atoms with E-state index >= 15 is 0 Å². The molecule has 0 radical (unpaired) electrons. The molecule has 0 aromatic heterocycles. The Morgan fingerprint density at radius 1 is 1.11 bits per heavy atom. The van der Waals surface area contributed by atoms with Crippen molar-refractivity contribution in [3.8, 4) is 11.5 Å². The van der Waals surface area contributed by atoms with Crippen LogP contribution in [-0.2, 0) is 22.4 Å². The Hall–Kier alpha value is -3.09. The Morgan fingerprint density at radius 2 is 1.85 bits per heavy atom. The minimum atomic E-state index is -1.03. The van der Waals surface area contributed by atoms with Gasteiger partial charge in [-0.15, -0.1) is 0 Å². The van der Waals surface area contributed by atoms with Gasteiger partial charge in [-0.2, -0.15) is 0 Å². The second kappa shape index (κ2) is 10.2. The number of benzene rings is 2. The molecule has 0 spiro atoms. The van der Waals surface area contributed by atoms with Crippen LogP contribution in [0, 0.1) is 5.82 Å². The molecule has 7 heteroatoms. The molecular formula is C20H22FNO5. The van der Waals surface area contributed by atoms with E-state index in [9.17, 15) is 14.0 Å². The zero-order valence-electron chi connectivity index (χ0n) is 15.0. The summed E-state index contributed by atoms with van der Waals surface area (Å²) in [7, 11) is 1.40. The van der Waals surface area contributed by atoms with Crippen LogP contribution in [0.2, 0.25) is 0 Å². The molecule has 0 saturated carbocycles. The number of aryl methyl sites for hydroxylation is 1. The van der Waals surface area contributed by atoms with Crippen molar-refractivity contribution in [2.75, 3.05) is 20.3 Å². The van der Waals surface area contributed by atoms with E-state index in [-0.39, 0.29) is 24.7 Å². The van der Waals surface area contributed by atoms with E-state index in [1.54, 1.807) is 24.3 Å². The fraction of sp³-hybridized carbons (Fsp3) is 0.300. The normalized spacial score (nSPS) is 10.3. The number of halogens is 1. The average molecular weight is 375 g/mol. The van der Waals surface area contributed by atoms with Gasteiger partial charge < -0.3 is 19.9 Å². The third-order valence-electron chi connectivity index (χ3n) is 3.91. The summed E-state index contributed by atoms with van der Waals surface area (Å²) in [4.78, 5) is 22.4. The molecule has 2 aromatic rings. The molecule has 0 aliphatic rings. The van der Waals surface area contributed by atoms with Crippen molar-refractivity contribution in [1.82, 2.24) is 5.32 Å². The van der Waals surface area contributed by atoms with Gasteiger partial charge in [-0.05, 0) is 42.2 Å². The van der Waals surface area contributed by atoms with Crippen molar-refractivity contribution in [3.63, 3.8) is 0 Å². The zero-order valence-corrected chi connectivity index (χ0v) is 15.0. The summed E-state index contributed by atoms with van der Waals surface area (Å²) >= 11 is 0. The van der Waals surface area contributed by atoms with Crippen molar-refractivity contribution in [1.29, 1.82) is 0 Å². The van der Waals surface area contributed by atoms with Crippen LogP contribution in [0.15, 0.2) is 42.5 Å². The number of carboxylic acid groups (broad SMARTS) is 1. The topological polar surface area (TPSA) is 84.9 Å². The number of hydrogen-bond acceptors (Lipinski definition) is 4. The number of nitrogens with one attached hydrogen (secondary N) is 1. The first-order valence-electron chi connectivity index (χ1n) is 8.51. The summed E-state index contributed by atoms with van der Waals surface area (Å²) < 4.78 is 24.0. The molecule has 2 N–H and O–H groups in total. The maximum atomic E-state index is 14.0. The first-order valence-corrected chi connectivity index (χ1v) is 8.51. The summed E-state index contributed by atoms with van der Waals surface area (Å²) in [5.41, 5.74) is 1.43. The molecule has 0 fully saturated rings. The Bertz CT molecular complexity index is 776. The quantitative estimate of drug-likeness (QED) is 0.667. The molecule has 0 bridgehead atoms. The van der Waals surface area contributed by atoms with Gasteiger partial charge >= 0.3 is 5.97 Å². The maximum Gasteiger partial charge on any atom is 0.341 e. The van der Waals surface area contributed by atoms with Gasteiger partial charge in [0.1, 0.15) is 5.75 Å².